The molecule has 2 rings (SSSR count). The Balaban J connectivity index is 1.92. The highest BCUT2D eigenvalue weighted by Crippen LogP contribution is 2.32. The number of nitrogens with one attached hydrogen (secondary N) is 1. The first-order valence-corrected chi connectivity index (χ1v) is 7.28. The maximum atomic E-state index is 12.1. The molecule has 1 aromatic carbocycles. The first kappa shape index (κ1) is 15.1. The van der Waals surface area contributed by atoms with Gasteiger partial charge in [-0.1, -0.05) is 29.9 Å². The lowest BCUT2D eigenvalue weighted by molar-refractivity contribution is -0.127. The number of nitrogens with two attached hydrogens (primary N) is 1. The Labute approximate surface area is 128 Å². The summed E-state index contributed by atoms with van der Waals surface area (Å²) in [7, 11) is 0. The Morgan fingerprint density at radius 3 is 2.80 bits per heavy atom. The molecule has 6 heteroatoms. The lowest BCUT2D eigenvalue weighted by Crippen LogP contribution is -2.49. The normalized spacial score (nSPS) is 17.1. The Morgan fingerprint density at radius 1 is 1.55 bits per heavy atom. The number of rotatable bonds is 6. The van der Waals surface area contributed by atoms with E-state index in [1.54, 1.807) is 31.2 Å². The third-order valence-electron chi connectivity index (χ3n) is 3.18. The van der Waals surface area contributed by atoms with Gasteiger partial charge < -0.3 is 15.8 Å². The zero-order valence-corrected chi connectivity index (χ0v) is 12.7. The fourth-order valence-electron chi connectivity index (χ4n) is 1.92. The van der Waals surface area contributed by atoms with Gasteiger partial charge in [-0.05, 0) is 43.9 Å². The molecule has 0 bridgehead atoms. The molecule has 1 amide bonds. The van der Waals surface area contributed by atoms with Crippen LogP contribution in [0.4, 0.5) is 0 Å². The highest BCUT2D eigenvalue weighted by atomic mass is 35.5. The number of carbonyl (C=O) groups is 1. The summed E-state index contributed by atoms with van der Waals surface area (Å²) in [6.45, 7) is 1.68. The summed E-state index contributed by atoms with van der Waals surface area (Å²) in [4.78, 5) is 12.4. The molecule has 0 aromatic heterocycles. The van der Waals surface area contributed by atoms with E-state index < -0.39 is 6.10 Å². The van der Waals surface area contributed by atoms with Gasteiger partial charge in [0.1, 0.15) is 5.75 Å². The van der Waals surface area contributed by atoms with E-state index in [2.05, 4.69) is 5.32 Å². The van der Waals surface area contributed by atoms with Gasteiger partial charge >= 0.3 is 0 Å². The van der Waals surface area contributed by atoms with E-state index in [1.807, 2.05) is 0 Å². The van der Waals surface area contributed by atoms with Crippen LogP contribution in [-0.4, -0.2) is 23.0 Å². The zero-order valence-electron chi connectivity index (χ0n) is 11.1. The summed E-state index contributed by atoms with van der Waals surface area (Å²) in [6.07, 6.45) is 1.46. The minimum absolute atomic E-state index is 0.227. The number of ether oxygens (including phenoxy) is 1. The van der Waals surface area contributed by atoms with Crippen molar-refractivity contribution < 1.29 is 9.53 Å². The first-order chi connectivity index (χ1) is 9.47. The van der Waals surface area contributed by atoms with Crippen molar-refractivity contribution in [2.24, 2.45) is 11.7 Å². The monoisotopic (exact) mass is 312 g/mol. The summed E-state index contributed by atoms with van der Waals surface area (Å²) in [6, 6.07) is 6.70. The van der Waals surface area contributed by atoms with E-state index >= 15 is 0 Å². The average molecular weight is 313 g/mol. The highest BCUT2D eigenvalue weighted by molar-refractivity contribution is 7.80. The van der Waals surface area contributed by atoms with E-state index in [0.29, 0.717) is 21.7 Å². The summed E-state index contributed by atoms with van der Waals surface area (Å²) in [5.41, 5.74) is 5.66. The van der Waals surface area contributed by atoms with Gasteiger partial charge in [-0.2, -0.15) is 0 Å². The Kier molecular flexibility index (Phi) is 4.83. The molecule has 108 valence electrons. The van der Waals surface area contributed by atoms with Gasteiger partial charge in [-0.3, -0.25) is 4.79 Å². The number of hydrogen-bond acceptors (Lipinski definition) is 3. The number of carbonyl (C=O) groups excluding carboxylic acids is 1. The van der Waals surface area contributed by atoms with Crippen LogP contribution in [0.2, 0.25) is 5.02 Å². The SMILES string of the molecule is CC(Oc1cccc(Cl)c1)C(=O)NC(C(N)=S)C1CC1. The van der Waals surface area contributed by atoms with E-state index in [0.717, 1.165) is 12.8 Å². The molecule has 2 atom stereocenters. The van der Waals surface area contributed by atoms with Crippen LogP contribution in [0.5, 0.6) is 5.75 Å². The van der Waals surface area contributed by atoms with Crippen molar-refractivity contribution in [2.75, 3.05) is 0 Å². The quantitative estimate of drug-likeness (QED) is 0.791. The molecule has 0 radical (unpaired) electrons. The number of hydrogen-bond donors (Lipinski definition) is 2. The van der Waals surface area contributed by atoms with Crippen LogP contribution >= 0.6 is 23.8 Å². The van der Waals surface area contributed by atoms with E-state index in [-0.39, 0.29) is 11.9 Å². The summed E-state index contributed by atoms with van der Waals surface area (Å²) >= 11 is 10.9. The Morgan fingerprint density at radius 2 is 2.25 bits per heavy atom. The second-order valence-electron chi connectivity index (χ2n) is 4.94. The van der Waals surface area contributed by atoms with Crippen molar-refractivity contribution in [2.45, 2.75) is 31.9 Å². The van der Waals surface area contributed by atoms with Crippen LogP contribution < -0.4 is 15.8 Å². The van der Waals surface area contributed by atoms with E-state index in [9.17, 15) is 4.79 Å². The minimum Gasteiger partial charge on any atom is -0.481 e. The molecule has 1 aliphatic carbocycles. The standard InChI is InChI=1S/C14H17ClN2O2S/c1-8(19-11-4-2-3-10(15)7-11)14(18)17-12(13(16)20)9-5-6-9/h2-4,7-9,12H,5-6H2,1H3,(H2,16,20)(H,17,18). The molecule has 2 unspecified atom stereocenters. The van der Waals surface area contributed by atoms with Gasteiger partial charge in [0.15, 0.2) is 6.10 Å². The van der Waals surface area contributed by atoms with Crippen LogP contribution in [0.15, 0.2) is 24.3 Å². The molecular weight excluding hydrogens is 296 g/mol. The van der Waals surface area contributed by atoms with Gasteiger partial charge in [0.2, 0.25) is 0 Å². The molecule has 0 aliphatic heterocycles. The molecule has 1 saturated carbocycles. The summed E-state index contributed by atoms with van der Waals surface area (Å²) in [5.74, 6) is 0.697. The van der Waals surface area contributed by atoms with Gasteiger partial charge in [0.05, 0.1) is 11.0 Å². The molecule has 3 N–H and O–H groups in total. The Hall–Kier alpha value is -1.33. The molecule has 1 aromatic rings. The number of amides is 1. The fraction of sp³-hybridized carbons (Fsp3) is 0.429. The highest BCUT2D eigenvalue weighted by Gasteiger charge is 2.35. The lowest BCUT2D eigenvalue weighted by atomic mass is 10.2. The van der Waals surface area contributed by atoms with E-state index in [4.69, 9.17) is 34.3 Å². The predicted molar refractivity (Wildman–Crippen MR) is 83.0 cm³/mol. The first-order valence-electron chi connectivity index (χ1n) is 6.49. The van der Waals surface area contributed by atoms with Crippen LogP contribution in [-0.2, 0) is 4.79 Å². The van der Waals surface area contributed by atoms with Gasteiger partial charge in [-0.15, -0.1) is 0 Å². The Bertz CT molecular complexity index is 520. The van der Waals surface area contributed by atoms with Crippen molar-refractivity contribution in [3.8, 4) is 5.75 Å². The second kappa shape index (κ2) is 6.41. The van der Waals surface area contributed by atoms with Crippen molar-refractivity contribution in [3.05, 3.63) is 29.3 Å². The molecule has 1 fully saturated rings. The lowest BCUT2D eigenvalue weighted by Gasteiger charge is -2.20. The van der Waals surface area contributed by atoms with Crippen molar-refractivity contribution in [1.82, 2.24) is 5.32 Å². The molecule has 4 nitrogen and oxygen atoms in total. The molecule has 20 heavy (non-hydrogen) atoms. The van der Waals surface area contributed by atoms with Crippen LogP contribution in [0.1, 0.15) is 19.8 Å². The fourth-order valence-corrected chi connectivity index (χ4v) is 2.35. The molecule has 1 aliphatic rings. The van der Waals surface area contributed by atoms with Crippen LogP contribution in [0, 0.1) is 5.92 Å². The maximum absolute atomic E-state index is 12.1. The predicted octanol–water partition coefficient (Wildman–Crippen LogP) is 2.29. The average Bonchev–Trinajstić information content (AvgIpc) is 3.19. The number of thiocarbonyl (C=S) groups is 1. The second-order valence-corrected chi connectivity index (χ2v) is 5.85. The van der Waals surface area contributed by atoms with Crippen LogP contribution in [0.3, 0.4) is 0 Å². The minimum atomic E-state index is -0.635. The summed E-state index contributed by atoms with van der Waals surface area (Å²) in [5, 5.41) is 3.41. The maximum Gasteiger partial charge on any atom is 0.261 e. The zero-order chi connectivity index (χ0) is 14.7. The van der Waals surface area contributed by atoms with Crippen LogP contribution in [0.25, 0.3) is 0 Å². The van der Waals surface area contributed by atoms with E-state index in [1.165, 1.54) is 0 Å². The third-order valence-corrected chi connectivity index (χ3v) is 3.66. The number of halogens is 1. The van der Waals surface area contributed by atoms with Gasteiger partial charge in [0.25, 0.3) is 5.91 Å². The molecular formula is C14H17ClN2O2S. The molecule has 0 spiro atoms. The molecule has 0 heterocycles. The third kappa shape index (κ3) is 4.08. The smallest absolute Gasteiger partial charge is 0.261 e. The van der Waals surface area contributed by atoms with Gasteiger partial charge in [0, 0.05) is 5.02 Å². The number of benzene rings is 1. The van der Waals surface area contributed by atoms with Crippen molar-refractivity contribution in [1.29, 1.82) is 0 Å². The van der Waals surface area contributed by atoms with Crippen molar-refractivity contribution >= 4 is 34.7 Å². The topological polar surface area (TPSA) is 64.3 Å². The summed E-state index contributed by atoms with van der Waals surface area (Å²) < 4.78 is 5.56. The molecule has 0 saturated heterocycles. The van der Waals surface area contributed by atoms with Crippen molar-refractivity contribution in [3.63, 3.8) is 0 Å². The largest absolute Gasteiger partial charge is 0.481 e. The van der Waals surface area contributed by atoms with Gasteiger partial charge in [-0.25, -0.2) is 0 Å².